The van der Waals surface area contributed by atoms with Crippen LogP contribution in [-0.2, 0) is 19.1 Å². The van der Waals surface area contributed by atoms with Crippen LogP contribution >= 0.6 is 11.6 Å². The van der Waals surface area contributed by atoms with Gasteiger partial charge in [0, 0.05) is 23.9 Å². The van der Waals surface area contributed by atoms with Gasteiger partial charge in [0.1, 0.15) is 0 Å². The van der Waals surface area contributed by atoms with Gasteiger partial charge in [-0.15, -0.1) is 0 Å². The zero-order chi connectivity index (χ0) is 17.4. The SMILES string of the molecule is CC(=O)OCC(=O)C(CCCC(=O)O)C(=O)c1cccc(Cl)c1. The van der Waals surface area contributed by atoms with Crippen LogP contribution in [0.5, 0.6) is 0 Å². The predicted molar refractivity (Wildman–Crippen MR) is 82.4 cm³/mol. The highest BCUT2D eigenvalue weighted by Crippen LogP contribution is 2.20. The number of halogens is 1. The van der Waals surface area contributed by atoms with Crippen molar-refractivity contribution in [2.45, 2.75) is 26.2 Å². The van der Waals surface area contributed by atoms with Crippen LogP contribution in [0.3, 0.4) is 0 Å². The number of benzene rings is 1. The van der Waals surface area contributed by atoms with Crippen LogP contribution in [0.25, 0.3) is 0 Å². The van der Waals surface area contributed by atoms with Gasteiger partial charge in [-0.05, 0) is 25.0 Å². The van der Waals surface area contributed by atoms with Gasteiger partial charge in [0.15, 0.2) is 18.2 Å². The summed E-state index contributed by atoms with van der Waals surface area (Å²) in [6.45, 7) is 0.644. The molecule has 124 valence electrons. The van der Waals surface area contributed by atoms with Crippen molar-refractivity contribution in [1.29, 1.82) is 0 Å². The van der Waals surface area contributed by atoms with Crippen molar-refractivity contribution in [3.05, 3.63) is 34.9 Å². The molecule has 1 atom stereocenters. The topological polar surface area (TPSA) is 97.7 Å². The highest BCUT2D eigenvalue weighted by atomic mass is 35.5. The average Bonchev–Trinajstić information content (AvgIpc) is 2.48. The number of hydrogen-bond donors (Lipinski definition) is 1. The fourth-order valence-corrected chi connectivity index (χ4v) is 2.20. The second kappa shape index (κ2) is 9.05. The molecule has 0 aliphatic heterocycles. The van der Waals surface area contributed by atoms with Gasteiger partial charge < -0.3 is 9.84 Å². The zero-order valence-electron chi connectivity index (χ0n) is 12.6. The first-order valence-electron chi connectivity index (χ1n) is 6.99. The number of ether oxygens (including phenoxy) is 1. The van der Waals surface area contributed by atoms with Crippen LogP contribution in [0.4, 0.5) is 0 Å². The monoisotopic (exact) mass is 340 g/mol. The van der Waals surface area contributed by atoms with E-state index < -0.39 is 36.0 Å². The van der Waals surface area contributed by atoms with Crippen molar-refractivity contribution in [3.8, 4) is 0 Å². The van der Waals surface area contributed by atoms with E-state index in [-0.39, 0.29) is 24.8 Å². The zero-order valence-corrected chi connectivity index (χ0v) is 13.3. The Labute approximate surface area is 138 Å². The van der Waals surface area contributed by atoms with Crippen LogP contribution < -0.4 is 0 Å². The molecule has 1 aromatic rings. The van der Waals surface area contributed by atoms with E-state index in [1.807, 2.05) is 0 Å². The minimum atomic E-state index is -1.06. The van der Waals surface area contributed by atoms with Crippen LogP contribution in [0, 0.1) is 5.92 Å². The first kappa shape index (κ1) is 18.8. The Morgan fingerprint density at radius 2 is 1.96 bits per heavy atom. The van der Waals surface area contributed by atoms with E-state index in [2.05, 4.69) is 4.74 Å². The van der Waals surface area contributed by atoms with Crippen molar-refractivity contribution in [3.63, 3.8) is 0 Å². The molecular weight excluding hydrogens is 324 g/mol. The van der Waals surface area contributed by atoms with Crippen molar-refractivity contribution in [2.75, 3.05) is 6.61 Å². The molecule has 1 aromatic carbocycles. The Kier molecular flexibility index (Phi) is 7.41. The second-order valence-corrected chi connectivity index (χ2v) is 5.40. The lowest BCUT2D eigenvalue weighted by Gasteiger charge is -2.14. The summed E-state index contributed by atoms with van der Waals surface area (Å²) in [5.74, 6) is -3.72. The minimum absolute atomic E-state index is 0.0672. The van der Waals surface area contributed by atoms with E-state index >= 15 is 0 Å². The first-order valence-corrected chi connectivity index (χ1v) is 7.36. The van der Waals surface area contributed by atoms with Crippen molar-refractivity contribution in [2.24, 2.45) is 5.92 Å². The molecule has 0 radical (unpaired) electrons. The van der Waals surface area contributed by atoms with Gasteiger partial charge in [-0.3, -0.25) is 19.2 Å². The van der Waals surface area contributed by atoms with Gasteiger partial charge in [-0.25, -0.2) is 0 Å². The number of aliphatic carboxylic acids is 1. The Hall–Kier alpha value is -2.21. The summed E-state index contributed by atoms with van der Waals surface area (Å²) in [7, 11) is 0. The average molecular weight is 341 g/mol. The largest absolute Gasteiger partial charge is 0.481 e. The predicted octanol–water partition coefficient (Wildman–Crippen LogP) is 2.53. The number of Topliss-reactive ketones (excluding diaryl/α,β-unsaturated/α-hetero) is 2. The molecule has 0 aromatic heterocycles. The van der Waals surface area contributed by atoms with Crippen LogP contribution in [0.2, 0.25) is 5.02 Å². The van der Waals surface area contributed by atoms with Gasteiger partial charge >= 0.3 is 11.9 Å². The Bertz CT molecular complexity index is 610. The molecule has 23 heavy (non-hydrogen) atoms. The summed E-state index contributed by atoms with van der Waals surface area (Å²) in [6, 6.07) is 6.14. The summed E-state index contributed by atoms with van der Waals surface area (Å²) in [5, 5.41) is 9.03. The van der Waals surface area contributed by atoms with Gasteiger partial charge in [-0.2, -0.15) is 0 Å². The van der Waals surface area contributed by atoms with Gasteiger partial charge in [0.25, 0.3) is 0 Å². The molecule has 1 N–H and O–H groups in total. The molecule has 6 nitrogen and oxygen atoms in total. The van der Waals surface area contributed by atoms with E-state index in [0.29, 0.717) is 5.02 Å². The molecule has 0 saturated carbocycles. The molecule has 0 amide bonds. The highest BCUT2D eigenvalue weighted by molar-refractivity contribution is 6.31. The van der Waals surface area contributed by atoms with E-state index in [9.17, 15) is 19.2 Å². The lowest BCUT2D eigenvalue weighted by atomic mass is 9.89. The number of carboxylic acids is 1. The highest BCUT2D eigenvalue weighted by Gasteiger charge is 2.28. The lowest BCUT2D eigenvalue weighted by molar-refractivity contribution is -0.146. The number of ketones is 2. The second-order valence-electron chi connectivity index (χ2n) is 4.96. The molecule has 0 aliphatic carbocycles. The van der Waals surface area contributed by atoms with Crippen LogP contribution in [0.15, 0.2) is 24.3 Å². The number of rotatable bonds is 9. The van der Waals surface area contributed by atoms with Crippen molar-refractivity contribution in [1.82, 2.24) is 0 Å². The van der Waals surface area contributed by atoms with Crippen molar-refractivity contribution < 1.29 is 29.0 Å². The normalized spacial score (nSPS) is 11.6. The summed E-state index contributed by atoms with van der Waals surface area (Å²) >= 11 is 5.84. The maximum atomic E-state index is 12.5. The van der Waals surface area contributed by atoms with Gasteiger partial charge in [0.05, 0.1) is 5.92 Å². The summed E-state index contributed by atoms with van der Waals surface area (Å²) < 4.78 is 4.64. The number of esters is 1. The molecule has 7 heteroatoms. The summed E-state index contributed by atoms with van der Waals surface area (Å²) in [5.41, 5.74) is 0.258. The third-order valence-corrected chi connectivity index (χ3v) is 3.35. The Morgan fingerprint density at radius 1 is 1.26 bits per heavy atom. The molecule has 0 fully saturated rings. The maximum absolute atomic E-state index is 12.5. The Morgan fingerprint density at radius 3 is 2.52 bits per heavy atom. The maximum Gasteiger partial charge on any atom is 0.303 e. The number of carbonyl (C=O) groups is 4. The van der Waals surface area contributed by atoms with E-state index in [1.54, 1.807) is 12.1 Å². The Balaban J connectivity index is 2.88. The van der Waals surface area contributed by atoms with E-state index in [1.165, 1.54) is 12.1 Å². The number of hydrogen-bond acceptors (Lipinski definition) is 5. The third-order valence-electron chi connectivity index (χ3n) is 3.12. The molecular formula is C16H17ClO6. The number of carboxylic acid groups (broad SMARTS) is 1. The quantitative estimate of drug-likeness (QED) is 0.421. The molecule has 0 heterocycles. The van der Waals surface area contributed by atoms with Crippen LogP contribution in [-0.4, -0.2) is 35.2 Å². The van der Waals surface area contributed by atoms with Crippen molar-refractivity contribution >= 4 is 35.1 Å². The summed E-state index contributed by atoms with van der Waals surface area (Å²) in [4.78, 5) is 46.0. The molecule has 1 rings (SSSR count). The fourth-order valence-electron chi connectivity index (χ4n) is 2.01. The standard InChI is InChI=1S/C16H17ClO6/c1-10(18)23-9-14(19)13(6-3-7-15(20)21)16(22)11-4-2-5-12(17)8-11/h2,4-5,8,13H,3,6-7,9H2,1H3,(H,20,21). The molecule has 0 saturated heterocycles. The summed E-state index contributed by atoms with van der Waals surface area (Å²) in [6.07, 6.45) is 0.0794. The molecule has 0 aliphatic rings. The van der Waals surface area contributed by atoms with Crippen LogP contribution in [0.1, 0.15) is 36.5 Å². The number of carbonyl (C=O) groups excluding carboxylic acids is 3. The smallest absolute Gasteiger partial charge is 0.303 e. The molecule has 0 spiro atoms. The van der Waals surface area contributed by atoms with Gasteiger partial charge in [-0.1, -0.05) is 23.7 Å². The van der Waals surface area contributed by atoms with E-state index in [0.717, 1.165) is 6.92 Å². The first-order chi connectivity index (χ1) is 10.8. The molecule has 0 bridgehead atoms. The van der Waals surface area contributed by atoms with Gasteiger partial charge in [0.2, 0.25) is 0 Å². The van der Waals surface area contributed by atoms with E-state index in [4.69, 9.17) is 16.7 Å². The minimum Gasteiger partial charge on any atom is -0.481 e. The third kappa shape index (κ3) is 6.61. The molecule has 1 unspecified atom stereocenters. The lowest BCUT2D eigenvalue weighted by Crippen LogP contribution is -2.28. The fraction of sp³-hybridized carbons (Fsp3) is 0.375.